The molecule has 1 saturated heterocycles. The first kappa shape index (κ1) is 21.0. The second kappa shape index (κ2) is 8.84. The average Bonchev–Trinajstić information content (AvgIpc) is 3.06. The summed E-state index contributed by atoms with van der Waals surface area (Å²) in [5.74, 6) is 1.48. The summed E-state index contributed by atoms with van der Waals surface area (Å²) < 4.78 is 12.2. The second-order valence-electron chi connectivity index (χ2n) is 8.26. The third kappa shape index (κ3) is 4.89. The van der Waals surface area contributed by atoms with Crippen molar-refractivity contribution in [3.8, 4) is 11.5 Å². The number of anilines is 1. The summed E-state index contributed by atoms with van der Waals surface area (Å²) in [5, 5.41) is 3.54. The van der Waals surface area contributed by atoms with Gasteiger partial charge < -0.3 is 25.4 Å². The Hall–Kier alpha value is -2.28. The lowest BCUT2D eigenvalue weighted by molar-refractivity contribution is -0.114. The number of hydrogen-bond acceptors (Lipinski definition) is 5. The van der Waals surface area contributed by atoms with E-state index in [1.54, 1.807) is 0 Å². The summed E-state index contributed by atoms with van der Waals surface area (Å²) >= 11 is 6.13. The van der Waals surface area contributed by atoms with Gasteiger partial charge in [-0.15, -0.1) is 0 Å². The van der Waals surface area contributed by atoms with E-state index in [0.29, 0.717) is 18.0 Å². The zero-order valence-electron chi connectivity index (χ0n) is 17.2. The van der Waals surface area contributed by atoms with Crippen molar-refractivity contribution in [1.82, 2.24) is 4.90 Å². The molecular weight excluding hydrogens is 402 g/mol. The molecular formula is C23H28ClN3O3. The van der Waals surface area contributed by atoms with Gasteiger partial charge in [-0.25, -0.2) is 0 Å². The van der Waals surface area contributed by atoms with E-state index in [9.17, 15) is 4.79 Å². The zero-order valence-corrected chi connectivity index (χ0v) is 18.0. The molecule has 3 N–H and O–H groups in total. The average molecular weight is 430 g/mol. The number of halogens is 1. The number of piperidine rings is 1. The van der Waals surface area contributed by atoms with Gasteiger partial charge >= 0.3 is 0 Å². The summed E-state index contributed by atoms with van der Waals surface area (Å²) in [7, 11) is 0. The van der Waals surface area contributed by atoms with Crippen LogP contribution < -0.4 is 20.5 Å². The van der Waals surface area contributed by atoms with Gasteiger partial charge in [-0.2, -0.15) is 0 Å². The summed E-state index contributed by atoms with van der Waals surface area (Å²) in [6, 6.07) is 13.2. The van der Waals surface area contributed by atoms with Gasteiger partial charge in [0.15, 0.2) is 0 Å². The lowest BCUT2D eigenvalue weighted by Gasteiger charge is -2.39. The minimum atomic E-state index is -0.129. The van der Waals surface area contributed by atoms with E-state index < -0.39 is 0 Å². The number of fused-ring (bicyclic) bond motifs is 1. The number of para-hydroxylation sites is 2. The molecule has 2 aliphatic rings. The molecule has 0 aromatic heterocycles. The molecule has 160 valence electrons. The SMILES string of the molecule is CC(=O)Nc1ccccc1OC[C@@H](N)CN1CCC2(CC1)Cc1cc(Cl)ccc1O2. The molecule has 1 spiro atoms. The number of ether oxygens (including phenoxy) is 2. The highest BCUT2D eigenvalue weighted by Crippen LogP contribution is 2.41. The predicted molar refractivity (Wildman–Crippen MR) is 118 cm³/mol. The van der Waals surface area contributed by atoms with Gasteiger partial charge in [-0.3, -0.25) is 4.79 Å². The Bertz CT molecular complexity index is 912. The van der Waals surface area contributed by atoms with Crippen LogP contribution in [-0.2, 0) is 11.2 Å². The molecule has 0 radical (unpaired) electrons. The van der Waals surface area contributed by atoms with Crippen LogP contribution >= 0.6 is 11.6 Å². The first-order valence-electron chi connectivity index (χ1n) is 10.4. The van der Waals surface area contributed by atoms with Crippen LogP contribution in [-0.4, -0.2) is 48.7 Å². The Morgan fingerprint density at radius 3 is 2.83 bits per heavy atom. The fourth-order valence-electron chi connectivity index (χ4n) is 4.29. The normalized spacial score (nSPS) is 18.5. The van der Waals surface area contributed by atoms with Crippen LogP contribution in [0.25, 0.3) is 0 Å². The summed E-state index contributed by atoms with van der Waals surface area (Å²) in [4.78, 5) is 13.7. The van der Waals surface area contributed by atoms with Crippen LogP contribution in [0.5, 0.6) is 11.5 Å². The van der Waals surface area contributed by atoms with Crippen LogP contribution in [0.2, 0.25) is 5.02 Å². The number of likely N-dealkylation sites (tertiary alicyclic amines) is 1. The monoisotopic (exact) mass is 429 g/mol. The van der Waals surface area contributed by atoms with Crippen LogP contribution in [0.15, 0.2) is 42.5 Å². The largest absolute Gasteiger partial charge is 0.490 e. The van der Waals surface area contributed by atoms with Gasteiger partial charge in [-0.1, -0.05) is 23.7 Å². The third-order valence-corrected chi connectivity index (χ3v) is 6.01. The minimum absolute atomic E-state index is 0.110. The third-order valence-electron chi connectivity index (χ3n) is 5.77. The van der Waals surface area contributed by atoms with Crippen molar-refractivity contribution in [2.24, 2.45) is 5.73 Å². The van der Waals surface area contributed by atoms with Gasteiger partial charge in [0, 0.05) is 50.8 Å². The predicted octanol–water partition coefficient (Wildman–Crippen LogP) is 3.47. The number of nitrogens with two attached hydrogens (primary N) is 1. The topological polar surface area (TPSA) is 76.8 Å². The van der Waals surface area contributed by atoms with Gasteiger partial charge in [0.25, 0.3) is 0 Å². The molecule has 2 aliphatic heterocycles. The summed E-state index contributed by atoms with van der Waals surface area (Å²) in [6.45, 7) is 4.51. The van der Waals surface area contributed by atoms with E-state index in [-0.39, 0.29) is 17.6 Å². The first-order valence-corrected chi connectivity index (χ1v) is 10.8. The van der Waals surface area contributed by atoms with Crippen LogP contribution in [0, 0.1) is 0 Å². The molecule has 1 fully saturated rings. The Labute approximate surface area is 182 Å². The zero-order chi connectivity index (χ0) is 21.1. The molecule has 0 unspecified atom stereocenters. The molecule has 0 bridgehead atoms. The van der Waals surface area contributed by atoms with E-state index in [1.165, 1.54) is 12.5 Å². The number of nitrogens with one attached hydrogen (secondary N) is 1. The molecule has 4 rings (SSSR count). The summed E-state index contributed by atoms with van der Waals surface area (Å²) in [5.41, 5.74) is 8.09. The Morgan fingerprint density at radius 1 is 1.30 bits per heavy atom. The van der Waals surface area contributed by atoms with Gasteiger partial charge in [-0.05, 0) is 35.9 Å². The van der Waals surface area contributed by atoms with E-state index in [1.807, 2.05) is 42.5 Å². The van der Waals surface area contributed by atoms with E-state index in [0.717, 1.165) is 49.7 Å². The molecule has 6 nitrogen and oxygen atoms in total. The first-order chi connectivity index (χ1) is 14.4. The highest BCUT2D eigenvalue weighted by Gasteiger charge is 2.42. The maximum atomic E-state index is 11.3. The quantitative estimate of drug-likeness (QED) is 0.735. The smallest absolute Gasteiger partial charge is 0.221 e. The maximum Gasteiger partial charge on any atom is 0.221 e. The van der Waals surface area contributed by atoms with Crippen molar-refractivity contribution in [3.63, 3.8) is 0 Å². The van der Waals surface area contributed by atoms with Gasteiger partial charge in [0.05, 0.1) is 11.7 Å². The van der Waals surface area contributed by atoms with Crippen molar-refractivity contribution in [2.75, 3.05) is 31.6 Å². The number of rotatable bonds is 6. The maximum absolute atomic E-state index is 11.3. The Balaban J connectivity index is 1.26. The van der Waals surface area contributed by atoms with Crippen LogP contribution in [0.3, 0.4) is 0 Å². The molecule has 2 aromatic carbocycles. The number of benzene rings is 2. The molecule has 2 heterocycles. The number of hydrogen-bond donors (Lipinski definition) is 2. The minimum Gasteiger partial charge on any atom is -0.490 e. The van der Waals surface area contributed by atoms with Crippen molar-refractivity contribution in [2.45, 2.75) is 37.8 Å². The van der Waals surface area contributed by atoms with Crippen molar-refractivity contribution in [3.05, 3.63) is 53.1 Å². The molecule has 1 amide bonds. The van der Waals surface area contributed by atoms with Crippen molar-refractivity contribution < 1.29 is 14.3 Å². The van der Waals surface area contributed by atoms with Gasteiger partial charge in [0.1, 0.15) is 23.7 Å². The highest BCUT2D eigenvalue weighted by molar-refractivity contribution is 6.30. The Morgan fingerprint density at radius 2 is 2.07 bits per heavy atom. The lowest BCUT2D eigenvalue weighted by atomic mass is 9.87. The number of amides is 1. The lowest BCUT2D eigenvalue weighted by Crippen LogP contribution is -2.51. The van der Waals surface area contributed by atoms with E-state index >= 15 is 0 Å². The van der Waals surface area contributed by atoms with Crippen molar-refractivity contribution >= 4 is 23.2 Å². The van der Waals surface area contributed by atoms with Crippen LogP contribution in [0.1, 0.15) is 25.3 Å². The fraction of sp³-hybridized carbons (Fsp3) is 0.435. The van der Waals surface area contributed by atoms with Crippen molar-refractivity contribution in [1.29, 1.82) is 0 Å². The highest BCUT2D eigenvalue weighted by atomic mass is 35.5. The van der Waals surface area contributed by atoms with E-state index in [2.05, 4.69) is 10.2 Å². The molecule has 1 atom stereocenters. The number of nitrogens with zero attached hydrogens (tertiary/aromatic N) is 1. The second-order valence-corrected chi connectivity index (χ2v) is 8.70. The molecule has 30 heavy (non-hydrogen) atoms. The molecule has 0 saturated carbocycles. The molecule has 7 heteroatoms. The van der Waals surface area contributed by atoms with E-state index in [4.69, 9.17) is 26.8 Å². The number of carbonyl (C=O) groups is 1. The molecule has 2 aromatic rings. The summed E-state index contributed by atoms with van der Waals surface area (Å²) in [6.07, 6.45) is 2.86. The van der Waals surface area contributed by atoms with Crippen LogP contribution in [0.4, 0.5) is 5.69 Å². The Kier molecular flexibility index (Phi) is 6.18. The molecule has 0 aliphatic carbocycles. The van der Waals surface area contributed by atoms with Gasteiger partial charge in [0.2, 0.25) is 5.91 Å². The fourth-order valence-corrected chi connectivity index (χ4v) is 4.49. The standard InChI is InChI=1S/C23H28ClN3O3/c1-16(28)26-20-4-2-3-5-22(20)29-15-19(25)14-27-10-8-23(9-11-27)13-17-12-18(24)6-7-21(17)30-23/h2-7,12,19H,8-11,13-15,25H2,1H3,(H,26,28)/t19-/m0/s1. The number of carbonyl (C=O) groups excluding carboxylic acids is 1.